The molecule has 0 saturated carbocycles. The fraction of sp³-hybridized carbons (Fsp3) is 0.421. The molecule has 3 heteroatoms. The summed E-state index contributed by atoms with van der Waals surface area (Å²) in [5.41, 5.74) is 0.823. The first-order chi connectivity index (χ1) is 10.8. The van der Waals surface area contributed by atoms with Crippen molar-refractivity contribution >= 4 is 16.7 Å². The second-order valence-corrected chi connectivity index (χ2v) is 6.61. The van der Waals surface area contributed by atoms with E-state index in [4.69, 9.17) is 0 Å². The van der Waals surface area contributed by atoms with Gasteiger partial charge in [0.05, 0.1) is 0 Å². The number of nitrogens with one attached hydrogen (secondary N) is 1. The number of rotatable bonds is 1. The normalized spacial score (nSPS) is 25.0. The molecule has 0 radical (unpaired) electrons. The van der Waals surface area contributed by atoms with Gasteiger partial charge in [0.1, 0.15) is 0 Å². The summed E-state index contributed by atoms with van der Waals surface area (Å²) in [5.74, 6) is 1.71. The minimum Gasteiger partial charge on any atom is -0.339 e. The predicted molar refractivity (Wildman–Crippen MR) is 88.9 cm³/mol. The lowest BCUT2D eigenvalue weighted by Gasteiger charge is -2.21. The number of carbonyl (C=O) groups excluding carboxylic acids is 1. The molecule has 2 aromatic rings. The number of fused-ring (bicyclic) bond motifs is 2. The Morgan fingerprint density at radius 1 is 0.955 bits per heavy atom. The molecule has 0 bridgehead atoms. The number of hydrogen-bond donors (Lipinski definition) is 1. The fourth-order valence-electron chi connectivity index (χ4n) is 3.93. The molecule has 0 unspecified atom stereocenters. The van der Waals surface area contributed by atoms with Crippen molar-refractivity contribution in [3.8, 4) is 0 Å². The van der Waals surface area contributed by atoms with Crippen molar-refractivity contribution in [2.45, 2.75) is 12.8 Å². The molecule has 0 spiro atoms. The molecule has 4 rings (SSSR count). The Kier molecular flexibility index (Phi) is 3.59. The quantitative estimate of drug-likeness (QED) is 0.877. The zero-order valence-corrected chi connectivity index (χ0v) is 12.8. The Hall–Kier alpha value is -1.87. The average Bonchev–Trinajstić information content (AvgIpc) is 2.92. The molecule has 2 heterocycles. The Labute approximate surface area is 131 Å². The molecular weight excluding hydrogens is 272 g/mol. The van der Waals surface area contributed by atoms with Crippen LogP contribution in [0.2, 0.25) is 0 Å². The van der Waals surface area contributed by atoms with Crippen LogP contribution in [0.5, 0.6) is 0 Å². The maximum Gasteiger partial charge on any atom is 0.253 e. The smallest absolute Gasteiger partial charge is 0.253 e. The van der Waals surface area contributed by atoms with Crippen molar-refractivity contribution in [1.29, 1.82) is 0 Å². The van der Waals surface area contributed by atoms with Gasteiger partial charge in [0.15, 0.2) is 0 Å². The molecule has 22 heavy (non-hydrogen) atoms. The van der Waals surface area contributed by atoms with E-state index in [1.54, 1.807) is 0 Å². The van der Waals surface area contributed by atoms with E-state index < -0.39 is 0 Å². The Balaban J connectivity index is 1.54. The van der Waals surface area contributed by atoms with Crippen LogP contribution in [0.15, 0.2) is 42.5 Å². The van der Waals surface area contributed by atoms with E-state index in [9.17, 15) is 4.79 Å². The lowest BCUT2D eigenvalue weighted by atomic mass is 9.92. The maximum atomic E-state index is 12.8. The van der Waals surface area contributed by atoms with E-state index in [1.165, 1.54) is 5.39 Å². The zero-order chi connectivity index (χ0) is 14.9. The standard InChI is InChI=1S/C19H22N2O/c22-19(16-6-5-14-3-1-2-4-15(14)11-16)21-9-7-17-12-20-13-18(17)8-10-21/h1-6,11,17-18,20H,7-10,12-13H2/t17-,18+. The Bertz CT molecular complexity index is 683. The molecule has 1 N–H and O–H groups in total. The molecular formula is C19H22N2O. The van der Waals surface area contributed by atoms with Crippen LogP contribution in [0.3, 0.4) is 0 Å². The van der Waals surface area contributed by atoms with Gasteiger partial charge in [-0.15, -0.1) is 0 Å². The van der Waals surface area contributed by atoms with Crippen LogP contribution >= 0.6 is 0 Å². The van der Waals surface area contributed by atoms with E-state index in [2.05, 4.69) is 28.4 Å². The molecule has 2 atom stereocenters. The van der Waals surface area contributed by atoms with Gasteiger partial charge in [-0.2, -0.15) is 0 Å². The molecule has 1 amide bonds. The van der Waals surface area contributed by atoms with Crippen molar-refractivity contribution in [3.05, 3.63) is 48.0 Å². The van der Waals surface area contributed by atoms with Gasteiger partial charge in [0.2, 0.25) is 0 Å². The Morgan fingerprint density at radius 3 is 2.36 bits per heavy atom. The molecule has 2 saturated heterocycles. The predicted octanol–water partition coefficient (Wildman–Crippen LogP) is 2.91. The third-order valence-electron chi connectivity index (χ3n) is 5.30. The van der Waals surface area contributed by atoms with Crippen LogP contribution in [-0.2, 0) is 0 Å². The van der Waals surface area contributed by atoms with Gasteiger partial charge in [-0.3, -0.25) is 4.79 Å². The minimum absolute atomic E-state index is 0.193. The molecule has 0 aromatic heterocycles. The van der Waals surface area contributed by atoms with Gasteiger partial charge >= 0.3 is 0 Å². The van der Waals surface area contributed by atoms with Gasteiger partial charge in [-0.05, 0) is 60.7 Å². The number of carbonyl (C=O) groups is 1. The molecule has 0 aliphatic carbocycles. The Morgan fingerprint density at radius 2 is 1.64 bits per heavy atom. The summed E-state index contributed by atoms with van der Waals surface area (Å²) in [6.07, 6.45) is 2.27. The van der Waals surface area contributed by atoms with Gasteiger partial charge in [-0.1, -0.05) is 30.3 Å². The molecule has 2 aliphatic rings. The lowest BCUT2D eigenvalue weighted by molar-refractivity contribution is 0.0758. The largest absolute Gasteiger partial charge is 0.339 e. The van der Waals surface area contributed by atoms with Gasteiger partial charge in [0.25, 0.3) is 5.91 Å². The summed E-state index contributed by atoms with van der Waals surface area (Å²) >= 11 is 0. The van der Waals surface area contributed by atoms with Crippen molar-refractivity contribution in [2.24, 2.45) is 11.8 Å². The summed E-state index contributed by atoms with van der Waals surface area (Å²) < 4.78 is 0. The molecule has 2 fully saturated rings. The van der Waals surface area contributed by atoms with E-state index in [0.717, 1.165) is 61.8 Å². The fourth-order valence-corrected chi connectivity index (χ4v) is 3.93. The number of likely N-dealkylation sites (tertiary alicyclic amines) is 1. The van der Waals surface area contributed by atoms with Gasteiger partial charge in [-0.25, -0.2) is 0 Å². The monoisotopic (exact) mass is 294 g/mol. The SMILES string of the molecule is O=C(c1ccc2ccccc2c1)N1CC[C@@H]2CNC[C@@H]2CC1. The van der Waals surface area contributed by atoms with E-state index >= 15 is 0 Å². The zero-order valence-electron chi connectivity index (χ0n) is 12.8. The highest BCUT2D eigenvalue weighted by Gasteiger charge is 2.31. The maximum absolute atomic E-state index is 12.8. The van der Waals surface area contributed by atoms with Crippen molar-refractivity contribution in [3.63, 3.8) is 0 Å². The molecule has 2 aliphatic heterocycles. The molecule has 3 nitrogen and oxygen atoms in total. The van der Waals surface area contributed by atoms with Crippen LogP contribution in [0.1, 0.15) is 23.2 Å². The number of hydrogen-bond acceptors (Lipinski definition) is 2. The van der Waals surface area contributed by atoms with Crippen LogP contribution in [0, 0.1) is 11.8 Å². The summed E-state index contributed by atoms with van der Waals surface area (Å²) in [5, 5.41) is 5.82. The van der Waals surface area contributed by atoms with Crippen LogP contribution in [0.4, 0.5) is 0 Å². The second kappa shape index (κ2) is 5.73. The number of nitrogens with zero attached hydrogens (tertiary/aromatic N) is 1. The van der Waals surface area contributed by atoms with E-state index in [1.807, 2.05) is 24.3 Å². The first kappa shape index (κ1) is 13.8. The third kappa shape index (κ3) is 2.50. The summed E-state index contributed by atoms with van der Waals surface area (Å²) in [6, 6.07) is 14.3. The third-order valence-corrected chi connectivity index (χ3v) is 5.30. The summed E-state index contributed by atoms with van der Waals surface area (Å²) in [7, 11) is 0. The average molecular weight is 294 g/mol. The highest BCUT2D eigenvalue weighted by molar-refractivity contribution is 5.98. The summed E-state index contributed by atoms with van der Waals surface area (Å²) in [4.78, 5) is 14.9. The molecule has 114 valence electrons. The molecule has 2 aromatic carbocycles. The van der Waals surface area contributed by atoms with Crippen LogP contribution < -0.4 is 5.32 Å². The highest BCUT2D eigenvalue weighted by Crippen LogP contribution is 2.28. The van der Waals surface area contributed by atoms with Crippen molar-refractivity contribution < 1.29 is 4.79 Å². The van der Waals surface area contributed by atoms with Crippen LogP contribution in [-0.4, -0.2) is 37.0 Å². The van der Waals surface area contributed by atoms with Gasteiger partial charge in [0, 0.05) is 18.7 Å². The second-order valence-electron chi connectivity index (χ2n) is 6.61. The van der Waals surface area contributed by atoms with Gasteiger partial charge < -0.3 is 10.2 Å². The highest BCUT2D eigenvalue weighted by atomic mass is 16.2. The van der Waals surface area contributed by atoms with Crippen molar-refractivity contribution in [1.82, 2.24) is 10.2 Å². The van der Waals surface area contributed by atoms with E-state index in [0.29, 0.717) is 0 Å². The number of amides is 1. The van der Waals surface area contributed by atoms with Crippen molar-refractivity contribution in [2.75, 3.05) is 26.2 Å². The summed E-state index contributed by atoms with van der Waals surface area (Å²) in [6.45, 7) is 4.05. The lowest BCUT2D eigenvalue weighted by Crippen LogP contribution is -2.32. The topological polar surface area (TPSA) is 32.3 Å². The first-order valence-corrected chi connectivity index (χ1v) is 8.30. The minimum atomic E-state index is 0.193. The first-order valence-electron chi connectivity index (χ1n) is 8.30. The van der Waals surface area contributed by atoms with E-state index in [-0.39, 0.29) is 5.91 Å². The van der Waals surface area contributed by atoms with Crippen LogP contribution in [0.25, 0.3) is 10.8 Å². The number of benzene rings is 2.